The molecule has 1 aromatic heterocycles. The van der Waals surface area contributed by atoms with Gasteiger partial charge in [-0.05, 0) is 86.5 Å². The molecule has 12 rings (SSSR count). The van der Waals surface area contributed by atoms with Crippen molar-refractivity contribution in [3.05, 3.63) is 229 Å². The molecule has 10 aromatic rings. The summed E-state index contributed by atoms with van der Waals surface area (Å²) >= 11 is 1.76. The second-order valence-electron chi connectivity index (χ2n) is 17.5. The number of para-hydroxylation sites is 4. The van der Waals surface area contributed by atoms with Gasteiger partial charge in [-0.3, -0.25) is 0 Å². The molecule has 0 aliphatic carbocycles. The molecule has 0 fully saturated rings. The molecule has 9 aromatic carbocycles. The van der Waals surface area contributed by atoms with Crippen LogP contribution in [0, 0.1) is 22.7 Å². The smallest absolute Gasteiger partial charge is 0.181 e. The third-order valence-electron chi connectivity index (χ3n) is 13.8. The molecule has 0 N–H and O–H groups in total. The van der Waals surface area contributed by atoms with Crippen molar-refractivity contribution in [3.8, 4) is 29.0 Å². The van der Waals surface area contributed by atoms with Crippen molar-refractivity contribution in [3.63, 3.8) is 0 Å². The summed E-state index contributed by atoms with van der Waals surface area (Å²) < 4.78 is 2.19. The van der Waals surface area contributed by atoms with E-state index < -0.39 is 8.07 Å². The van der Waals surface area contributed by atoms with Crippen molar-refractivity contribution in [1.82, 2.24) is 4.57 Å². The zero-order valence-corrected chi connectivity index (χ0v) is 37.6. The highest BCUT2D eigenvalue weighted by atomic mass is 32.2. The first kappa shape index (κ1) is 38.8. The fourth-order valence-corrected chi connectivity index (χ4v) is 18.1. The maximum atomic E-state index is 11.4. The predicted molar refractivity (Wildman–Crippen MR) is 270 cm³/mol. The lowest BCUT2D eigenvalue weighted by molar-refractivity contribution is 0.632. The molecule has 3 heterocycles. The van der Waals surface area contributed by atoms with Crippen LogP contribution in [0.1, 0.15) is 36.1 Å². The van der Waals surface area contributed by atoms with Crippen LogP contribution in [0.15, 0.2) is 216 Å². The van der Waals surface area contributed by atoms with Crippen LogP contribution in [0.4, 0.5) is 17.1 Å². The molecule has 0 spiro atoms. The lowest BCUT2D eigenvalue weighted by atomic mass is 9.73. The van der Waals surface area contributed by atoms with Gasteiger partial charge in [-0.2, -0.15) is 10.5 Å². The average molecular weight is 865 g/mol. The third-order valence-corrected chi connectivity index (χ3v) is 20.2. The minimum atomic E-state index is -3.14. The number of rotatable bonds is 5. The van der Waals surface area contributed by atoms with Crippen LogP contribution in [-0.2, 0) is 5.41 Å². The van der Waals surface area contributed by atoms with Gasteiger partial charge in [-0.15, -0.1) is 0 Å². The highest BCUT2D eigenvalue weighted by Crippen LogP contribution is 2.53. The Bertz CT molecular complexity index is 3480. The van der Waals surface area contributed by atoms with E-state index in [9.17, 15) is 10.5 Å². The summed E-state index contributed by atoms with van der Waals surface area (Å²) in [7, 11) is -3.14. The summed E-state index contributed by atoms with van der Waals surface area (Å²) in [6, 6.07) is 79.1. The van der Waals surface area contributed by atoms with Gasteiger partial charge in [0.15, 0.2) is 8.07 Å². The van der Waals surface area contributed by atoms with Gasteiger partial charge in [0.1, 0.15) is 0 Å². The average Bonchev–Trinajstić information content (AvgIpc) is 3.70. The quantitative estimate of drug-likeness (QED) is 0.162. The molecule has 0 saturated heterocycles. The van der Waals surface area contributed by atoms with Crippen LogP contribution >= 0.6 is 11.8 Å². The highest BCUT2D eigenvalue weighted by molar-refractivity contribution is 8.00. The summed E-state index contributed by atoms with van der Waals surface area (Å²) in [5, 5.41) is 30.2. The fraction of sp³-hybridized carbons (Fsp3) is 0.0508. The van der Waals surface area contributed by atoms with Crippen LogP contribution in [-0.4, -0.2) is 12.6 Å². The Hall–Kier alpha value is -7.87. The van der Waals surface area contributed by atoms with Crippen LogP contribution in [0.3, 0.4) is 0 Å². The molecule has 0 amide bonds. The molecule has 0 unspecified atom stereocenters. The fourth-order valence-electron chi connectivity index (χ4n) is 11.0. The first-order chi connectivity index (χ1) is 31.9. The lowest BCUT2D eigenvalue weighted by Gasteiger charge is -2.44. The van der Waals surface area contributed by atoms with E-state index in [4.69, 9.17) is 0 Å². The third kappa shape index (κ3) is 5.62. The van der Waals surface area contributed by atoms with E-state index >= 15 is 0 Å². The van der Waals surface area contributed by atoms with Gasteiger partial charge >= 0.3 is 0 Å². The Morgan fingerprint density at radius 3 is 1.55 bits per heavy atom. The maximum absolute atomic E-state index is 11.4. The number of nitrogens with zero attached hydrogens (tertiary/aromatic N) is 4. The molecule has 306 valence electrons. The molecule has 4 nitrogen and oxygen atoms in total. The summed E-state index contributed by atoms with van der Waals surface area (Å²) in [6.07, 6.45) is 0. The van der Waals surface area contributed by atoms with Crippen LogP contribution in [0.25, 0.3) is 38.6 Å². The minimum Gasteiger partial charge on any atom is -0.310 e. The van der Waals surface area contributed by atoms with Crippen LogP contribution in [0.2, 0.25) is 0 Å². The molecular weight excluding hydrogens is 825 g/mol. The van der Waals surface area contributed by atoms with E-state index in [1.165, 1.54) is 36.8 Å². The first-order valence-corrected chi connectivity index (χ1v) is 24.8. The standard InChI is InChI=1S/C59H40N4SSi/c1-59(2)48-25-11-15-29-52(48)63(53-30-16-12-26-49(53)59)42-35-47(57-39(37-60)33-41(34-40(57)38-61)62-50-27-13-9-23-45(50)46-24-10-14-28-51(46)62)58-56(36-42)65(43-19-5-3-6-20-43,44-21-7-4-8-22-44)55-32-18-17-31-54(55)64-58/h3-36H,1-2H3. The number of anilines is 3. The molecule has 0 atom stereocenters. The van der Waals surface area contributed by atoms with Gasteiger partial charge in [0, 0.05) is 48.5 Å². The van der Waals surface area contributed by atoms with Gasteiger partial charge in [0.25, 0.3) is 0 Å². The number of nitriles is 2. The summed E-state index contributed by atoms with van der Waals surface area (Å²) in [4.78, 5) is 4.68. The Balaban J connectivity index is 1.23. The van der Waals surface area contributed by atoms with Crippen LogP contribution < -0.4 is 25.6 Å². The number of fused-ring (bicyclic) bond motifs is 7. The Kier molecular flexibility index (Phi) is 8.87. The summed E-state index contributed by atoms with van der Waals surface area (Å²) in [5.74, 6) is 0. The van der Waals surface area contributed by atoms with Gasteiger partial charge in [-0.1, -0.05) is 177 Å². The van der Waals surface area contributed by atoms with E-state index in [2.05, 4.69) is 217 Å². The zero-order valence-electron chi connectivity index (χ0n) is 35.8. The molecule has 2 aliphatic heterocycles. The maximum Gasteiger partial charge on any atom is 0.181 e. The van der Waals surface area contributed by atoms with E-state index in [-0.39, 0.29) is 5.41 Å². The molecule has 0 radical (unpaired) electrons. The molecule has 0 bridgehead atoms. The minimum absolute atomic E-state index is 0.257. The van der Waals surface area contributed by atoms with Gasteiger partial charge in [0.05, 0.1) is 45.7 Å². The Morgan fingerprint density at radius 2 is 0.985 bits per heavy atom. The number of hydrogen-bond acceptors (Lipinski definition) is 4. The van der Waals surface area contributed by atoms with Gasteiger partial charge in [0.2, 0.25) is 0 Å². The van der Waals surface area contributed by atoms with E-state index in [0.717, 1.165) is 55.0 Å². The monoisotopic (exact) mass is 864 g/mol. The number of hydrogen-bond donors (Lipinski definition) is 0. The van der Waals surface area contributed by atoms with Crippen molar-refractivity contribution >= 4 is 79.5 Å². The zero-order chi connectivity index (χ0) is 43.9. The first-order valence-electron chi connectivity index (χ1n) is 22.0. The van der Waals surface area contributed by atoms with Gasteiger partial charge < -0.3 is 9.47 Å². The normalized spacial score (nSPS) is 14.1. The van der Waals surface area contributed by atoms with Crippen molar-refractivity contribution < 1.29 is 0 Å². The highest BCUT2D eigenvalue weighted by Gasteiger charge is 2.48. The second kappa shape index (κ2) is 14.9. The Morgan fingerprint density at radius 1 is 0.492 bits per heavy atom. The molecule has 2 aliphatic rings. The van der Waals surface area contributed by atoms with Crippen molar-refractivity contribution in [2.24, 2.45) is 0 Å². The van der Waals surface area contributed by atoms with E-state index in [1.807, 2.05) is 24.3 Å². The predicted octanol–water partition coefficient (Wildman–Crippen LogP) is 12.1. The lowest BCUT2D eigenvalue weighted by Crippen LogP contribution is -2.76. The van der Waals surface area contributed by atoms with E-state index in [0.29, 0.717) is 16.7 Å². The van der Waals surface area contributed by atoms with E-state index in [1.54, 1.807) is 11.8 Å². The van der Waals surface area contributed by atoms with Crippen molar-refractivity contribution in [2.75, 3.05) is 4.90 Å². The molecular formula is C59H40N4SSi. The summed E-state index contributed by atoms with van der Waals surface area (Å²) in [5.41, 5.74) is 10.7. The number of benzene rings is 9. The van der Waals surface area contributed by atoms with Crippen LogP contribution in [0.5, 0.6) is 0 Å². The largest absolute Gasteiger partial charge is 0.310 e. The SMILES string of the molecule is CC1(C)c2ccccc2N(c2cc(-c3c(C#N)cc(-n4c5ccccc5c5ccccc54)cc3C#N)c3c(c2)[Si](c2ccccc2)(c2ccccc2)c2ccccc2S3)c2ccccc21. The topological polar surface area (TPSA) is 55.8 Å². The van der Waals surface area contributed by atoms with Gasteiger partial charge in [-0.25, -0.2) is 0 Å². The summed E-state index contributed by atoms with van der Waals surface area (Å²) in [6.45, 7) is 4.63. The number of aromatic nitrogens is 1. The molecule has 6 heteroatoms. The molecule has 0 saturated carbocycles. The van der Waals surface area contributed by atoms with Crippen molar-refractivity contribution in [1.29, 1.82) is 10.5 Å². The second-order valence-corrected chi connectivity index (χ2v) is 22.2. The Labute approximate surface area is 383 Å². The van der Waals surface area contributed by atoms with Crippen molar-refractivity contribution in [2.45, 2.75) is 29.1 Å². The molecule has 65 heavy (non-hydrogen) atoms.